The molecule has 1 N–H and O–H groups in total. The molecule has 0 spiro atoms. The number of hydrogen-bond donors (Lipinski definition) is 1. The molecule has 0 saturated carbocycles. The third-order valence-electron chi connectivity index (χ3n) is 2.48. The predicted molar refractivity (Wildman–Crippen MR) is 64.7 cm³/mol. The van der Waals surface area contributed by atoms with Gasteiger partial charge in [0.1, 0.15) is 5.82 Å². The molecular formula is C12H15ClFNO2. The third kappa shape index (κ3) is 4.32. The van der Waals surface area contributed by atoms with Gasteiger partial charge in [-0.3, -0.25) is 4.79 Å². The normalized spacial score (nSPS) is 10.9. The molecular weight excluding hydrogens is 245 g/mol. The van der Waals surface area contributed by atoms with E-state index >= 15 is 0 Å². The lowest BCUT2D eigenvalue weighted by Crippen LogP contribution is -2.21. The SMILES string of the molecule is Cc1cc(Cl)c(CN(C)CCC(=O)O)cc1F. The third-order valence-corrected chi connectivity index (χ3v) is 2.83. The second-order valence-corrected chi connectivity index (χ2v) is 4.48. The lowest BCUT2D eigenvalue weighted by molar-refractivity contribution is -0.137. The summed E-state index contributed by atoms with van der Waals surface area (Å²) in [6.07, 6.45) is 0.0580. The first-order valence-corrected chi connectivity index (χ1v) is 5.63. The minimum absolute atomic E-state index is 0.0580. The number of carboxylic acids is 1. The van der Waals surface area contributed by atoms with Gasteiger partial charge in [-0.05, 0) is 37.2 Å². The van der Waals surface area contributed by atoms with Crippen LogP contribution >= 0.6 is 11.6 Å². The summed E-state index contributed by atoms with van der Waals surface area (Å²) < 4.78 is 13.4. The van der Waals surface area contributed by atoms with Crippen molar-refractivity contribution in [2.75, 3.05) is 13.6 Å². The van der Waals surface area contributed by atoms with Crippen molar-refractivity contribution in [3.8, 4) is 0 Å². The Morgan fingerprint density at radius 2 is 2.18 bits per heavy atom. The highest BCUT2D eigenvalue weighted by Crippen LogP contribution is 2.21. The first kappa shape index (κ1) is 13.9. The van der Waals surface area contributed by atoms with E-state index in [1.54, 1.807) is 24.9 Å². The maximum Gasteiger partial charge on any atom is 0.304 e. The number of aryl methyl sites for hydroxylation is 1. The molecule has 0 aliphatic carbocycles. The summed E-state index contributed by atoms with van der Waals surface area (Å²) in [6, 6.07) is 2.98. The van der Waals surface area contributed by atoms with Crippen LogP contribution in [-0.2, 0) is 11.3 Å². The Hall–Kier alpha value is -1.13. The molecule has 0 heterocycles. The highest BCUT2D eigenvalue weighted by Gasteiger charge is 2.09. The summed E-state index contributed by atoms with van der Waals surface area (Å²) in [5.41, 5.74) is 1.18. The van der Waals surface area contributed by atoms with E-state index in [-0.39, 0.29) is 12.2 Å². The smallest absolute Gasteiger partial charge is 0.304 e. The van der Waals surface area contributed by atoms with Crippen molar-refractivity contribution in [1.29, 1.82) is 0 Å². The van der Waals surface area contributed by atoms with Crippen LogP contribution in [0.25, 0.3) is 0 Å². The molecule has 3 nitrogen and oxygen atoms in total. The Balaban J connectivity index is 2.68. The molecule has 0 bridgehead atoms. The van der Waals surface area contributed by atoms with Gasteiger partial charge in [0, 0.05) is 18.1 Å². The second kappa shape index (κ2) is 5.98. The van der Waals surface area contributed by atoms with Crippen molar-refractivity contribution in [2.24, 2.45) is 0 Å². The molecule has 1 aromatic rings. The fourth-order valence-corrected chi connectivity index (χ4v) is 1.74. The van der Waals surface area contributed by atoms with Gasteiger partial charge >= 0.3 is 5.97 Å². The van der Waals surface area contributed by atoms with Gasteiger partial charge in [0.15, 0.2) is 0 Å². The maximum atomic E-state index is 13.4. The van der Waals surface area contributed by atoms with Gasteiger partial charge in [-0.2, -0.15) is 0 Å². The summed E-state index contributed by atoms with van der Waals surface area (Å²) in [6.45, 7) is 2.49. The van der Waals surface area contributed by atoms with Crippen LogP contribution in [0, 0.1) is 12.7 Å². The van der Waals surface area contributed by atoms with Crippen LogP contribution in [0.2, 0.25) is 5.02 Å². The van der Waals surface area contributed by atoms with Crippen LogP contribution in [0.3, 0.4) is 0 Å². The van der Waals surface area contributed by atoms with Gasteiger partial charge in [-0.25, -0.2) is 4.39 Å². The van der Waals surface area contributed by atoms with E-state index < -0.39 is 5.97 Å². The summed E-state index contributed by atoms with van der Waals surface area (Å²) in [5.74, 6) is -1.14. The van der Waals surface area contributed by atoms with E-state index in [2.05, 4.69) is 0 Å². The molecule has 0 unspecified atom stereocenters. The molecule has 1 aromatic carbocycles. The Labute approximate surface area is 105 Å². The zero-order valence-corrected chi connectivity index (χ0v) is 10.6. The highest BCUT2D eigenvalue weighted by molar-refractivity contribution is 6.31. The molecule has 0 aliphatic heterocycles. The number of halogens is 2. The Morgan fingerprint density at radius 1 is 1.53 bits per heavy atom. The van der Waals surface area contributed by atoms with Crippen molar-refractivity contribution in [1.82, 2.24) is 4.90 Å². The number of hydrogen-bond acceptors (Lipinski definition) is 2. The quantitative estimate of drug-likeness (QED) is 0.884. The molecule has 17 heavy (non-hydrogen) atoms. The van der Waals surface area contributed by atoms with Gasteiger partial charge in [-0.15, -0.1) is 0 Å². The number of carbonyl (C=O) groups is 1. The molecule has 0 aliphatic rings. The first-order valence-electron chi connectivity index (χ1n) is 5.25. The lowest BCUT2D eigenvalue weighted by atomic mass is 10.1. The van der Waals surface area contributed by atoms with Crippen LogP contribution < -0.4 is 0 Å². The lowest BCUT2D eigenvalue weighted by Gasteiger charge is -2.16. The van der Waals surface area contributed by atoms with Crippen LogP contribution in [0.1, 0.15) is 17.5 Å². The zero-order chi connectivity index (χ0) is 13.0. The van der Waals surface area contributed by atoms with Crippen molar-refractivity contribution in [2.45, 2.75) is 19.9 Å². The molecule has 0 amide bonds. The van der Waals surface area contributed by atoms with E-state index in [1.807, 2.05) is 0 Å². The van der Waals surface area contributed by atoms with Gasteiger partial charge in [0.25, 0.3) is 0 Å². The van der Waals surface area contributed by atoms with Gasteiger partial charge in [0.05, 0.1) is 6.42 Å². The molecule has 0 atom stereocenters. The highest BCUT2D eigenvalue weighted by atomic mass is 35.5. The molecule has 0 radical (unpaired) electrons. The minimum Gasteiger partial charge on any atom is -0.481 e. The van der Waals surface area contributed by atoms with Crippen molar-refractivity contribution >= 4 is 17.6 Å². The monoisotopic (exact) mass is 259 g/mol. The first-order chi connectivity index (χ1) is 7.90. The van der Waals surface area contributed by atoms with Crippen molar-refractivity contribution in [3.63, 3.8) is 0 Å². The number of benzene rings is 1. The topological polar surface area (TPSA) is 40.5 Å². The minimum atomic E-state index is -0.849. The second-order valence-electron chi connectivity index (χ2n) is 4.07. The molecule has 0 aromatic heterocycles. The molecule has 1 rings (SSSR count). The van der Waals surface area contributed by atoms with Crippen LogP contribution in [0.15, 0.2) is 12.1 Å². The van der Waals surface area contributed by atoms with Gasteiger partial charge in [0.2, 0.25) is 0 Å². The summed E-state index contributed by atoms with van der Waals surface area (Å²) in [4.78, 5) is 12.2. The Kier molecular flexibility index (Phi) is 4.90. The largest absolute Gasteiger partial charge is 0.481 e. The average molecular weight is 260 g/mol. The number of carboxylic acid groups (broad SMARTS) is 1. The molecule has 94 valence electrons. The summed E-state index contributed by atoms with van der Waals surface area (Å²) in [7, 11) is 1.77. The van der Waals surface area contributed by atoms with E-state index in [0.29, 0.717) is 29.2 Å². The van der Waals surface area contributed by atoms with E-state index in [4.69, 9.17) is 16.7 Å². The number of aliphatic carboxylic acids is 1. The van der Waals surface area contributed by atoms with Gasteiger partial charge in [-0.1, -0.05) is 11.6 Å². The summed E-state index contributed by atoms with van der Waals surface area (Å²) in [5, 5.41) is 9.06. The van der Waals surface area contributed by atoms with Gasteiger partial charge < -0.3 is 10.0 Å². The predicted octanol–water partition coefficient (Wildman–Crippen LogP) is 2.69. The van der Waals surface area contributed by atoms with Crippen LogP contribution in [-0.4, -0.2) is 29.6 Å². The van der Waals surface area contributed by atoms with E-state index in [1.165, 1.54) is 6.07 Å². The molecule has 0 fully saturated rings. The van der Waals surface area contributed by atoms with E-state index in [9.17, 15) is 9.18 Å². The maximum absolute atomic E-state index is 13.4. The fourth-order valence-electron chi connectivity index (χ4n) is 1.46. The standard InChI is InChI=1S/C12H15ClFNO2/c1-8-5-10(13)9(6-11(8)14)7-15(2)4-3-12(16)17/h5-6H,3-4,7H2,1-2H3,(H,16,17). The van der Waals surface area contributed by atoms with E-state index in [0.717, 1.165) is 0 Å². The molecule has 5 heteroatoms. The van der Waals surface area contributed by atoms with Crippen molar-refractivity contribution in [3.05, 3.63) is 34.1 Å². The Bertz CT molecular complexity index is 423. The van der Waals surface area contributed by atoms with Crippen molar-refractivity contribution < 1.29 is 14.3 Å². The number of rotatable bonds is 5. The average Bonchev–Trinajstić information content (AvgIpc) is 2.23. The van der Waals surface area contributed by atoms with Crippen LogP contribution in [0.5, 0.6) is 0 Å². The molecule has 0 saturated heterocycles. The zero-order valence-electron chi connectivity index (χ0n) is 9.83. The summed E-state index contributed by atoms with van der Waals surface area (Å²) >= 11 is 6.00. The fraction of sp³-hybridized carbons (Fsp3) is 0.417. The number of nitrogens with zero attached hydrogens (tertiary/aromatic N) is 1. The van der Waals surface area contributed by atoms with Crippen LogP contribution in [0.4, 0.5) is 4.39 Å². The Morgan fingerprint density at radius 3 is 2.76 bits per heavy atom.